The third-order valence-electron chi connectivity index (χ3n) is 2.94. The molecule has 0 radical (unpaired) electrons. The lowest BCUT2D eigenvalue weighted by Crippen LogP contribution is -2.49. The number of rotatable bonds is 9. The van der Waals surface area contributed by atoms with Gasteiger partial charge in [0.25, 0.3) is 0 Å². The fourth-order valence-corrected chi connectivity index (χ4v) is 2.02. The van der Waals surface area contributed by atoms with E-state index in [2.05, 4.69) is 0 Å². The van der Waals surface area contributed by atoms with Gasteiger partial charge in [-0.1, -0.05) is 45.4 Å². The number of carbonyl (C=O) groups is 1. The number of hydrogen-bond donors (Lipinski definition) is 1. The third-order valence-corrected chi connectivity index (χ3v) is 3.48. The Hall–Kier alpha value is -0.520. The molecule has 0 aromatic carbocycles. The van der Waals surface area contributed by atoms with Crippen LogP contribution in [0.3, 0.4) is 0 Å². The summed E-state index contributed by atoms with van der Waals surface area (Å²) in [5, 5.41) is 8.74. The molecule has 0 spiro atoms. The lowest BCUT2D eigenvalue weighted by atomic mass is 9.94. The predicted molar refractivity (Wildman–Crippen MR) is 65.2 cm³/mol. The van der Waals surface area contributed by atoms with Gasteiger partial charge in [0.15, 0.2) is 4.87 Å². The van der Waals surface area contributed by atoms with Crippen molar-refractivity contribution in [3.8, 4) is 0 Å². The van der Waals surface area contributed by atoms with Gasteiger partial charge in [0, 0.05) is 0 Å². The van der Waals surface area contributed by atoms with Crippen molar-refractivity contribution in [2.24, 2.45) is 0 Å². The highest BCUT2D eigenvalue weighted by atomic mass is 35.5. The Balaban J connectivity index is 4.37. The standard InChI is InChI=1S/C12H19ClF4O2/c1-2-3-4-5-6-7-8-11(13,10(18)19)9(14)12(15,16)17/h9H,2-8H2,1H3,(H,18,19). The SMILES string of the molecule is CCCCCCCCC(Cl)(C(=O)O)C(F)C(F)(F)F. The molecule has 0 aromatic heterocycles. The molecule has 114 valence electrons. The van der Waals surface area contributed by atoms with E-state index in [1.807, 2.05) is 6.92 Å². The van der Waals surface area contributed by atoms with Crippen LogP contribution in [0.4, 0.5) is 17.6 Å². The zero-order valence-electron chi connectivity index (χ0n) is 10.8. The molecular formula is C12H19ClF4O2. The number of halogens is 5. The molecule has 0 aromatic rings. The summed E-state index contributed by atoms with van der Waals surface area (Å²) in [5.74, 6) is -1.97. The summed E-state index contributed by atoms with van der Waals surface area (Å²) < 4.78 is 50.0. The van der Waals surface area contributed by atoms with Crippen LogP contribution in [0.25, 0.3) is 0 Å². The Morgan fingerprint density at radius 1 is 1.16 bits per heavy atom. The highest BCUT2D eigenvalue weighted by Crippen LogP contribution is 2.39. The average Bonchev–Trinajstić information content (AvgIpc) is 2.30. The second-order valence-corrected chi connectivity index (χ2v) is 5.26. The van der Waals surface area contributed by atoms with E-state index in [-0.39, 0.29) is 6.42 Å². The molecule has 0 saturated carbocycles. The highest BCUT2D eigenvalue weighted by Gasteiger charge is 2.58. The van der Waals surface area contributed by atoms with Gasteiger partial charge in [0.1, 0.15) is 0 Å². The normalized spacial score (nSPS) is 16.9. The van der Waals surface area contributed by atoms with Crippen molar-refractivity contribution in [1.82, 2.24) is 0 Å². The Kier molecular flexibility index (Phi) is 7.71. The van der Waals surface area contributed by atoms with Crippen molar-refractivity contribution in [2.75, 3.05) is 0 Å². The first-order valence-corrected chi connectivity index (χ1v) is 6.67. The monoisotopic (exact) mass is 306 g/mol. The van der Waals surface area contributed by atoms with Crippen molar-refractivity contribution in [3.63, 3.8) is 0 Å². The van der Waals surface area contributed by atoms with Crippen LogP contribution in [-0.4, -0.2) is 28.3 Å². The molecule has 0 rings (SSSR count). The molecule has 0 aliphatic rings. The van der Waals surface area contributed by atoms with E-state index >= 15 is 0 Å². The van der Waals surface area contributed by atoms with E-state index in [0.717, 1.165) is 25.7 Å². The lowest BCUT2D eigenvalue weighted by molar-refractivity contribution is -0.197. The van der Waals surface area contributed by atoms with Crippen molar-refractivity contribution in [2.45, 2.75) is 69.1 Å². The Bertz CT molecular complexity index is 283. The van der Waals surface area contributed by atoms with Crippen molar-refractivity contribution in [1.29, 1.82) is 0 Å². The smallest absolute Gasteiger partial charge is 0.422 e. The summed E-state index contributed by atoms with van der Waals surface area (Å²) in [7, 11) is 0. The van der Waals surface area contributed by atoms with Gasteiger partial charge in [-0.3, -0.25) is 4.79 Å². The van der Waals surface area contributed by atoms with Crippen molar-refractivity contribution < 1.29 is 27.5 Å². The first kappa shape index (κ1) is 18.5. The first-order chi connectivity index (χ1) is 8.66. The van der Waals surface area contributed by atoms with Gasteiger partial charge in [-0.25, -0.2) is 4.39 Å². The van der Waals surface area contributed by atoms with Crippen LogP contribution in [0, 0.1) is 0 Å². The van der Waals surface area contributed by atoms with E-state index in [1.165, 1.54) is 0 Å². The van der Waals surface area contributed by atoms with Gasteiger partial charge in [0.05, 0.1) is 0 Å². The van der Waals surface area contributed by atoms with E-state index in [0.29, 0.717) is 6.42 Å². The van der Waals surface area contributed by atoms with Crippen LogP contribution in [0.5, 0.6) is 0 Å². The zero-order valence-corrected chi connectivity index (χ0v) is 11.5. The van der Waals surface area contributed by atoms with E-state index in [1.54, 1.807) is 0 Å². The largest absolute Gasteiger partial charge is 0.480 e. The molecule has 0 aliphatic heterocycles. The molecule has 2 atom stereocenters. The van der Waals surface area contributed by atoms with Crippen LogP contribution in [0.15, 0.2) is 0 Å². The van der Waals surface area contributed by atoms with Gasteiger partial charge in [-0.15, -0.1) is 11.6 Å². The number of carboxylic acids is 1. The Labute approximate surface area is 115 Å². The fourth-order valence-electron chi connectivity index (χ4n) is 1.76. The number of alkyl halides is 5. The third kappa shape index (κ3) is 5.97. The molecule has 0 fully saturated rings. The van der Waals surface area contributed by atoms with Gasteiger partial charge < -0.3 is 5.11 Å². The van der Waals surface area contributed by atoms with E-state index in [9.17, 15) is 22.4 Å². The average molecular weight is 307 g/mol. The molecule has 0 heterocycles. The second-order valence-electron chi connectivity index (χ2n) is 4.59. The minimum atomic E-state index is -5.26. The quantitative estimate of drug-likeness (QED) is 0.381. The summed E-state index contributed by atoms with van der Waals surface area (Å²) in [6.07, 6.45) is -4.90. The first-order valence-electron chi connectivity index (χ1n) is 6.29. The maximum atomic E-state index is 13.2. The summed E-state index contributed by atoms with van der Waals surface area (Å²) in [4.78, 5) is 7.89. The lowest BCUT2D eigenvalue weighted by Gasteiger charge is -2.27. The minimum absolute atomic E-state index is 0.163. The zero-order chi connectivity index (χ0) is 15.1. The number of unbranched alkanes of at least 4 members (excludes halogenated alkanes) is 5. The summed E-state index contributed by atoms with van der Waals surface area (Å²) in [6, 6.07) is 0. The molecule has 0 aliphatic carbocycles. The minimum Gasteiger partial charge on any atom is -0.480 e. The molecule has 0 amide bonds. The second kappa shape index (κ2) is 7.92. The van der Waals surface area contributed by atoms with Crippen LogP contribution in [0.1, 0.15) is 51.9 Å². The molecule has 2 nitrogen and oxygen atoms in total. The highest BCUT2D eigenvalue weighted by molar-refractivity contribution is 6.34. The molecular weight excluding hydrogens is 288 g/mol. The van der Waals surface area contributed by atoms with Gasteiger partial charge in [-0.2, -0.15) is 13.2 Å². The van der Waals surface area contributed by atoms with Crippen LogP contribution >= 0.6 is 11.6 Å². The predicted octanol–water partition coefficient (Wildman–Crippen LogP) is 4.70. The maximum Gasteiger partial charge on any atom is 0.422 e. The molecule has 19 heavy (non-hydrogen) atoms. The summed E-state index contributed by atoms with van der Waals surface area (Å²) in [5.41, 5.74) is 0. The van der Waals surface area contributed by atoms with Gasteiger partial charge in [-0.05, 0) is 6.42 Å². The molecule has 7 heteroatoms. The maximum absolute atomic E-state index is 13.2. The Morgan fingerprint density at radius 2 is 1.63 bits per heavy atom. The molecule has 0 bridgehead atoms. The topological polar surface area (TPSA) is 37.3 Å². The van der Waals surface area contributed by atoms with Gasteiger partial charge >= 0.3 is 12.1 Å². The summed E-state index contributed by atoms with van der Waals surface area (Å²) >= 11 is 5.35. The molecule has 2 unspecified atom stereocenters. The molecule has 1 N–H and O–H groups in total. The van der Waals surface area contributed by atoms with E-state index < -0.39 is 29.6 Å². The molecule has 0 saturated heterocycles. The van der Waals surface area contributed by atoms with Crippen LogP contribution < -0.4 is 0 Å². The van der Waals surface area contributed by atoms with Gasteiger partial charge in [0.2, 0.25) is 6.17 Å². The Morgan fingerprint density at radius 3 is 2.05 bits per heavy atom. The summed E-state index contributed by atoms with van der Waals surface area (Å²) in [6.45, 7) is 2.02. The fraction of sp³-hybridized carbons (Fsp3) is 0.917. The van der Waals surface area contributed by atoms with E-state index in [4.69, 9.17) is 16.7 Å². The van der Waals surface area contributed by atoms with Crippen LogP contribution in [-0.2, 0) is 4.79 Å². The number of aliphatic carboxylic acids is 1. The van der Waals surface area contributed by atoms with Crippen molar-refractivity contribution in [3.05, 3.63) is 0 Å². The number of carboxylic acid groups (broad SMARTS) is 1. The van der Waals surface area contributed by atoms with Crippen molar-refractivity contribution >= 4 is 17.6 Å². The number of hydrogen-bond acceptors (Lipinski definition) is 1. The van der Waals surface area contributed by atoms with Crippen LogP contribution in [0.2, 0.25) is 0 Å².